The quantitative estimate of drug-likeness (QED) is 0.770. The number of methoxy groups -OCH3 is 1. The van der Waals surface area contributed by atoms with Crippen molar-refractivity contribution >= 4 is 46.4 Å². The highest BCUT2D eigenvalue weighted by atomic mass is 35.5. The molecule has 2 aromatic rings. The second kappa shape index (κ2) is 7.67. The fourth-order valence-corrected chi connectivity index (χ4v) is 3.02. The lowest BCUT2D eigenvalue weighted by Crippen LogP contribution is -2.34. The van der Waals surface area contributed by atoms with Crippen molar-refractivity contribution in [3.05, 3.63) is 47.5 Å². The monoisotopic (exact) mass is 387 g/mol. The van der Waals surface area contributed by atoms with Crippen molar-refractivity contribution in [1.82, 2.24) is 0 Å². The fraction of sp³-hybridized carbons (Fsp3) is 0.211. The van der Waals surface area contributed by atoms with Gasteiger partial charge in [0.15, 0.2) is 0 Å². The van der Waals surface area contributed by atoms with E-state index in [1.165, 1.54) is 14.0 Å². The zero-order valence-electron chi connectivity index (χ0n) is 14.8. The SMILES string of the molecule is COc1ccc(NC(C)=O)cc1N[C@H]1CC(=O)N(c2ccc(Cl)cc2)C1=O. The molecule has 27 heavy (non-hydrogen) atoms. The van der Waals surface area contributed by atoms with Crippen LogP contribution in [0.1, 0.15) is 13.3 Å². The second-order valence-electron chi connectivity index (χ2n) is 6.04. The van der Waals surface area contributed by atoms with Gasteiger partial charge in [0, 0.05) is 17.6 Å². The molecule has 1 aliphatic rings. The van der Waals surface area contributed by atoms with Crippen LogP contribution in [0.25, 0.3) is 0 Å². The molecular weight excluding hydrogens is 370 g/mol. The topological polar surface area (TPSA) is 87.7 Å². The van der Waals surface area contributed by atoms with Gasteiger partial charge in [-0.05, 0) is 42.5 Å². The smallest absolute Gasteiger partial charge is 0.256 e. The highest BCUT2D eigenvalue weighted by molar-refractivity contribution is 6.31. The molecule has 140 valence electrons. The summed E-state index contributed by atoms with van der Waals surface area (Å²) in [6.45, 7) is 1.40. The number of hydrogen-bond donors (Lipinski definition) is 2. The third kappa shape index (κ3) is 4.03. The average molecular weight is 388 g/mol. The molecule has 3 amide bonds. The number of carbonyl (C=O) groups is 3. The van der Waals surface area contributed by atoms with Gasteiger partial charge >= 0.3 is 0 Å². The molecule has 7 nitrogen and oxygen atoms in total. The van der Waals surface area contributed by atoms with Gasteiger partial charge in [-0.3, -0.25) is 14.4 Å². The molecule has 0 unspecified atom stereocenters. The Morgan fingerprint density at radius 3 is 2.52 bits per heavy atom. The van der Waals surface area contributed by atoms with Crippen LogP contribution in [-0.4, -0.2) is 30.9 Å². The number of halogens is 1. The van der Waals surface area contributed by atoms with Crippen molar-refractivity contribution < 1.29 is 19.1 Å². The summed E-state index contributed by atoms with van der Waals surface area (Å²) in [6, 6.07) is 10.8. The molecule has 0 aromatic heterocycles. The summed E-state index contributed by atoms with van der Waals surface area (Å²) >= 11 is 5.87. The van der Waals surface area contributed by atoms with Gasteiger partial charge in [-0.2, -0.15) is 0 Å². The molecule has 1 saturated heterocycles. The van der Waals surface area contributed by atoms with E-state index in [2.05, 4.69) is 10.6 Å². The molecule has 2 N–H and O–H groups in total. The summed E-state index contributed by atoms with van der Waals surface area (Å²) < 4.78 is 5.30. The Balaban J connectivity index is 1.83. The van der Waals surface area contributed by atoms with Crippen molar-refractivity contribution in [2.75, 3.05) is 22.6 Å². The first-order valence-electron chi connectivity index (χ1n) is 8.23. The van der Waals surface area contributed by atoms with Crippen LogP contribution in [0.2, 0.25) is 5.02 Å². The standard InChI is InChI=1S/C19H18ClN3O4/c1-11(24)21-13-5-8-17(27-2)15(9-13)22-16-10-18(25)23(19(16)26)14-6-3-12(20)4-7-14/h3-9,16,22H,10H2,1-2H3,(H,21,24)/t16-/m0/s1. The highest BCUT2D eigenvalue weighted by Crippen LogP contribution is 2.31. The second-order valence-corrected chi connectivity index (χ2v) is 6.48. The van der Waals surface area contributed by atoms with Gasteiger partial charge in [-0.1, -0.05) is 11.6 Å². The first kappa shape index (κ1) is 18.7. The predicted octanol–water partition coefficient (Wildman–Crippen LogP) is 3.05. The maximum atomic E-state index is 12.8. The van der Waals surface area contributed by atoms with Gasteiger partial charge in [-0.15, -0.1) is 0 Å². The minimum absolute atomic E-state index is 0.00891. The molecule has 1 heterocycles. The largest absolute Gasteiger partial charge is 0.495 e. The molecule has 0 aliphatic carbocycles. The summed E-state index contributed by atoms with van der Waals surface area (Å²) in [5.74, 6) is -0.396. The van der Waals surface area contributed by atoms with Crippen LogP contribution in [0.3, 0.4) is 0 Å². The Labute approximate surface area is 161 Å². The number of rotatable bonds is 5. The van der Waals surface area contributed by atoms with Gasteiger partial charge < -0.3 is 15.4 Å². The van der Waals surface area contributed by atoms with E-state index in [1.807, 2.05) is 0 Å². The number of hydrogen-bond acceptors (Lipinski definition) is 5. The first-order chi connectivity index (χ1) is 12.9. The summed E-state index contributed by atoms with van der Waals surface area (Å²) in [4.78, 5) is 37.6. The normalized spacial score (nSPS) is 16.4. The molecular formula is C19H18ClN3O4. The number of nitrogens with zero attached hydrogens (tertiary/aromatic N) is 1. The molecule has 0 bridgehead atoms. The maximum absolute atomic E-state index is 12.8. The predicted molar refractivity (Wildman–Crippen MR) is 103 cm³/mol. The summed E-state index contributed by atoms with van der Waals surface area (Å²) in [6.07, 6.45) is 0.00891. The third-order valence-corrected chi connectivity index (χ3v) is 4.33. The van der Waals surface area contributed by atoms with E-state index in [-0.39, 0.29) is 24.1 Å². The Morgan fingerprint density at radius 1 is 1.19 bits per heavy atom. The van der Waals surface area contributed by atoms with E-state index in [0.717, 1.165) is 4.90 Å². The number of imide groups is 1. The maximum Gasteiger partial charge on any atom is 0.256 e. The molecule has 8 heteroatoms. The van der Waals surface area contributed by atoms with Gasteiger partial charge in [0.1, 0.15) is 11.8 Å². The van der Waals surface area contributed by atoms with E-state index >= 15 is 0 Å². The Kier molecular flexibility index (Phi) is 5.32. The third-order valence-electron chi connectivity index (χ3n) is 4.08. The van der Waals surface area contributed by atoms with Crippen LogP contribution in [0.5, 0.6) is 5.75 Å². The van der Waals surface area contributed by atoms with Crippen molar-refractivity contribution in [3.8, 4) is 5.75 Å². The van der Waals surface area contributed by atoms with Gasteiger partial charge in [0.05, 0.1) is 24.9 Å². The summed E-state index contributed by atoms with van der Waals surface area (Å²) in [7, 11) is 1.50. The Morgan fingerprint density at radius 2 is 1.89 bits per heavy atom. The van der Waals surface area contributed by atoms with Gasteiger partial charge in [0.25, 0.3) is 5.91 Å². The number of nitrogens with one attached hydrogen (secondary N) is 2. The highest BCUT2D eigenvalue weighted by Gasteiger charge is 2.39. The van der Waals surface area contributed by atoms with Crippen LogP contribution in [-0.2, 0) is 14.4 Å². The van der Waals surface area contributed by atoms with Crippen molar-refractivity contribution in [3.63, 3.8) is 0 Å². The Hall–Kier alpha value is -3.06. The molecule has 1 fully saturated rings. The van der Waals surface area contributed by atoms with Crippen LogP contribution >= 0.6 is 11.6 Å². The lowest BCUT2D eigenvalue weighted by molar-refractivity contribution is -0.121. The van der Waals surface area contributed by atoms with E-state index in [1.54, 1.807) is 42.5 Å². The summed E-state index contributed by atoms with van der Waals surface area (Å²) in [5.41, 5.74) is 1.53. The summed E-state index contributed by atoms with van der Waals surface area (Å²) in [5, 5.41) is 6.24. The number of anilines is 3. The van der Waals surface area contributed by atoms with Crippen LogP contribution in [0.15, 0.2) is 42.5 Å². The van der Waals surface area contributed by atoms with Gasteiger partial charge in [0.2, 0.25) is 11.8 Å². The van der Waals surface area contributed by atoms with Crippen molar-refractivity contribution in [2.24, 2.45) is 0 Å². The minimum Gasteiger partial charge on any atom is -0.495 e. The lowest BCUT2D eigenvalue weighted by atomic mass is 10.2. The average Bonchev–Trinajstić information content (AvgIpc) is 2.89. The zero-order valence-corrected chi connectivity index (χ0v) is 15.5. The first-order valence-corrected chi connectivity index (χ1v) is 8.61. The van der Waals surface area contributed by atoms with Crippen molar-refractivity contribution in [2.45, 2.75) is 19.4 Å². The number of amides is 3. The molecule has 0 spiro atoms. The Bertz CT molecular complexity index is 898. The van der Waals surface area contributed by atoms with E-state index in [0.29, 0.717) is 27.8 Å². The molecule has 2 aromatic carbocycles. The van der Waals surface area contributed by atoms with E-state index < -0.39 is 6.04 Å². The van der Waals surface area contributed by atoms with Gasteiger partial charge in [-0.25, -0.2) is 4.90 Å². The molecule has 3 rings (SSSR count). The minimum atomic E-state index is -0.741. The fourth-order valence-electron chi connectivity index (χ4n) is 2.90. The van der Waals surface area contributed by atoms with Crippen molar-refractivity contribution in [1.29, 1.82) is 0 Å². The lowest BCUT2D eigenvalue weighted by Gasteiger charge is -2.18. The van der Waals surface area contributed by atoms with Crippen LogP contribution in [0, 0.1) is 0 Å². The van der Waals surface area contributed by atoms with Crippen LogP contribution in [0.4, 0.5) is 17.1 Å². The molecule has 1 atom stereocenters. The number of carbonyl (C=O) groups excluding carboxylic acids is 3. The molecule has 0 radical (unpaired) electrons. The molecule has 0 saturated carbocycles. The molecule has 1 aliphatic heterocycles. The van der Waals surface area contributed by atoms with Crippen LogP contribution < -0.4 is 20.3 Å². The number of benzene rings is 2. The van der Waals surface area contributed by atoms with E-state index in [9.17, 15) is 14.4 Å². The van der Waals surface area contributed by atoms with E-state index in [4.69, 9.17) is 16.3 Å². The zero-order chi connectivity index (χ0) is 19.6. The number of ether oxygens (including phenoxy) is 1.